The van der Waals surface area contributed by atoms with Crippen LogP contribution in [-0.4, -0.2) is 6.04 Å². The van der Waals surface area contributed by atoms with Gasteiger partial charge in [-0.05, 0) is 31.9 Å². The first kappa shape index (κ1) is 13.2. The summed E-state index contributed by atoms with van der Waals surface area (Å²) in [6.07, 6.45) is 1.19. The van der Waals surface area contributed by atoms with Crippen LogP contribution in [0.15, 0.2) is 12.1 Å². The standard InChI is InChI=1S/C13H20N2S/c1-5-9(2)10(3)15-11(4)13-7-6-12(8-14)16-13/h6-7,9-11,15H,5H2,1-4H3. The Morgan fingerprint density at radius 3 is 2.56 bits per heavy atom. The van der Waals surface area contributed by atoms with E-state index in [4.69, 9.17) is 5.26 Å². The molecule has 1 aromatic rings. The first-order chi connectivity index (χ1) is 7.58. The molecule has 2 nitrogen and oxygen atoms in total. The molecule has 1 aromatic heterocycles. The van der Waals surface area contributed by atoms with Gasteiger partial charge in [-0.15, -0.1) is 11.3 Å². The Balaban J connectivity index is 2.58. The van der Waals surface area contributed by atoms with Crippen molar-refractivity contribution in [1.82, 2.24) is 5.32 Å². The zero-order valence-electron chi connectivity index (χ0n) is 10.4. The largest absolute Gasteiger partial charge is 0.307 e. The zero-order chi connectivity index (χ0) is 12.1. The van der Waals surface area contributed by atoms with Gasteiger partial charge in [0.1, 0.15) is 10.9 Å². The number of nitriles is 1. The monoisotopic (exact) mass is 236 g/mol. The maximum atomic E-state index is 8.78. The molecular formula is C13H20N2S. The third-order valence-electron chi connectivity index (χ3n) is 3.17. The van der Waals surface area contributed by atoms with Gasteiger partial charge in [-0.25, -0.2) is 0 Å². The SMILES string of the molecule is CCC(C)C(C)NC(C)c1ccc(C#N)s1. The van der Waals surface area contributed by atoms with Gasteiger partial charge < -0.3 is 5.32 Å². The molecule has 0 bridgehead atoms. The summed E-state index contributed by atoms with van der Waals surface area (Å²) in [5.41, 5.74) is 0. The van der Waals surface area contributed by atoms with E-state index in [0.29, 0.717) is 18.0 Å². The first-order valence-corrected chi connectivity index (χ1v) is 6.66. The molecule has 1 heterocycles. The molecule has 0 amide bonds. The minimum absolute atomic E-state index is 0.330. The van der Waals surface area contributed by atoms with Crippen LogP contribution < -0.4 is 5.32 Å². The number of hydrogen-bond donors (Lipinski definition) is 1. The summed E-state index contributed by atoms with van der Waals surface area (Å²) >= 11 is 1.58. The van der Waals surface area contributed by atoms with Crippen molar-refractivity contribution >= 4 is 11.3 Å². The molecule has 3 unspecified atom stereocenters. The predicted octanol–water partition coefficient (Wildman–Crippen LogP) is 3.70. The molecule has 3 atom stereocenters. The molecule has 0 aliphatic carbocycles. The maximum Gasteiger partial charge on any atom is 0.110 e. The topological polar surface area (TPSA) is 35.8 Å². The molecule has 0 spiro atoms. The summed E-state index contributed by atoms with van der Waals surface area (Å²) in [4.78, 5) is 2.03. The number of hydrogen-bond acceptors (Lipinski definition) is 3. The molecular weight excluding hydrogens is 216 g/mol. The molecule has 3 heteroatoms. The summed E-state index contributed by atoms with van der Waals surface area (Å²) in [6.45, 7) is 8.86. The van der Waals surface area contributed by atoms with Crippen LogP contribution in [0.5, 0.6) is 0 Å². The molecule has 0 aromatic carbocycles. The van der Waals surface area contributed by atoms with E-state index in [2.05, 4.69) is 39.1 Å². The Kier molecular flexibility index (Phi) is 4.98. The summed E-state index contributed by atoms with van der Waals surface area (Å²) in [5, 5.41) is 12.4. The lowest BCUT2D eigenvalue weighted by atomic mass is 10.00. The molecule has 0 aliphatic rings. The molecule has 1 N–H and O–H groups in total. The van der Waals surface area contributed by atoms with E-state index in [9.17, 15) is 0 Å². The van der Waals surface area contributed by atoms with Gasteiger partial charge in [-0.2, -0.15) is 5.26 Å². The molecule has 0 radical (unpaired) electrons. The van der Waals surface area contributed by atoms with Gasteiger partial charge in [-0.3, -0.25) is 0 Å². The predicted molar refractivity (Wildman–Crippen MR) is 69.5 cm³/mol. The minimum Gasteiger partial charge on any atom is -0.307 e. The van der Waals surface area contributed by atoms with E-state index < -0.39 is 0 Å². The normalized spacial score (nSPS) is 16.4. The van der Waals surface area contributed by atoms with Gasteiger partial charge in [0.25, 0.3) is 0 Å². The van der Waals surface area contributed by atoms with Crippen LogP contribution in [0.3, 0.4) is 0 Å². The van der Waals surface area contributed by atoms with Crippen LogP contribution in [0, 0.1) is 17.2 Å². The smallest absolute Gasteiger partial charge is 0.110 e. The van der Waals surface area contributed by atoms with Crippen molar-refractivity contribution in [2.24, 2.45) is 5.92 Å². The van der Waals surface area contributed by atoms with Gasteiger partial charge in [-0.1, -0.05) is 20.3 Å². The Labute approximate surface area is 102 Å². The van der Waals surface area contributed by atoms with Crippen LogP contribution in [0.1, 0.15) is 49.9 Å². The highest BCUT2D eigenvalue weighted by Gasteiger charge is 2.15. The zero-order valence-corrected chi connectivity index (χ0v) is 11.3. The Morgan fingerprint density at radius 1 is 1.38 bits per heavy atom. The molecule has 0 fully saturated rings. The number of nitrogens with zero attached hydrogens (tertiary/aromatic N) is 1. The van der Waals surface area contributed by atoms with E-state index in [0.717, 1.165) is 4.88 Å². The lowest BCUT2D eigenvalue weighted by molar-refractivity contribution is 0.362. The highest BCUT2D eigenvalue weighted by Crippen LogP contribution is 2.23. The van der Waals surface area contributed by atoms with Crippen molar-refractivity contribution in [3.63, 3.8) is 0 Å². The van der Waals surface area contributed by atoms with Crippen molar-refractivity contribution in [3.8, 4) is 6.07 Å². The Bertz CT molecular complexity index is 364. The lowest BCUT2D eigenvalue weighted by Crippen LogP contribution is -2.33. The molecule has 0 aliphatic heterocycles. The van der Waals surface area contributed by atoms with Gasteiger partial charge in [0.2, 0.25) is 0 Å². The first-order valence-electron chi connectivity index (χ1n) is 5.84. The number of nitrogens with one attached hydrogen (secondary N) is 1. The van der Waals surface area contributed by atoms with Crippen LogP contribution in [0.2, 0.25) is 0 Å². The van der Waals surface area contributed by atoms with Crippen LogP contribution in [-0.2, 0) is 0 Å². The maximum absolute atomic E-state index is 8.78. The Morgan fingerprint density at radius 2 is 2.06 bits per heavy atom. The number of rotatable bonds is 5. The lowest BCUT2D eigenvalue weighted by Gasteiger charge is -2.23. The van der Waals surface area contributed by atoms with E-state index in [1.165, 1.54) is 11.3 Å². The van der Waals surface area contributed by atoms with Gasteiger partial charge in [0.15, 0.2) is 0 Å². The quantitative estimate of drug-likeness (QED) is 0.846. The molecule has 16 heavy (non-hydrogen) atoms. The summed E-state index contributed by atoms with van der Waals surface area (Å²) in [5.74, 6) is 0.679. The second-order valence-corrected chi connectivity index (χ2v) is 5.49. The summed E-state index contributed by atoms with van der Waals surface area (Å²) in [6, 6.07) is 6.96. The fourth-order valence-electron chi connectivity index (χ4n) is 1.64. The van der Waals surface area contributed by atoms with Crippen LogP contribution in [0.25, 0.3) is 0 Å². The van der Waals surface area contributed by atoms with Crippen molar-refractivity contribution in [1.29, 1.82) is 5.26 Å². The van der Waals surface area contributed by atoms with E-state index in [1.807, 2.05) is 12.1 Å². The highest BCUT2D eigenvalue weighted by molar-refractivity contribution is 7.12. The third kappa shape index (κ3) is 3.33. The van der Waals surface area contributed by atoms with E-state index >= 15 is 0 Å². The Hall–Kier alpha value is -0.850. The average Bonchev–Trinajstić information content (AvgIpc) is 2.76. The second kappa shape index (κ2) is 6.03. The average molecular weight is 236 g/mol. The molecule has 0 saturated heterocycles. The van der Waals surface area contributed by atoms with Gasteiger partial charge in [0, 0.05) is 17.0 Å². The van der Waals surface area contributed by atoms with Crippen LogP contribution >= 0.6 is 11.3 Å². The second-order valence-electron chi connectivity index (χ2n) is 4.38. The third-order valence-corrected chi connectivity index (χ3v) is 4.35. The number of thiophene rings is 1. The fourth-order valence-corrected chi connectivity index (χ4v) is 2.46. The highest BCUT2D eigenvalue weighted by atomic mass is 32.1. The van der Waals surface area contributed by atoms with Crippen molar-refractivity contribution in [2.45, 2.75) is 46.2 Å². The fraction of sp³-hybridized carbons (Fsp3) is 0.615. The minimum atomic E-state index is 0.330. The van der Waals surface area contributed by atoms with Crippen LogP contribution in [0.4, 0.5) is 0 Å². The molecule has 88 valence electrons. The van der Waals surface area contributed by atoms with E-state index in [1.54, 1.807) is 11.3 Å². The van der Waals surface area contributed by atoms with Crippen molar-refractivity contribution < 1.29 is 0 Å². The van der Waals surface area contributed by atoms with Gasteiger partial charge >= 0.3 is 0 Å². The van der Waals surface area contributed by atoms with E-state index in [-0.39, 0.29) is 0 Å². The van der Waals surface area contributed by atoms with Gasteiger partial charge in [0.05, 0.1) is 0 Å². The summed E-state index contributed by atoms with van der Waals surface area (Å²) in [7, 11) is 0. The van der Waals surface area contributed by atoms with Crippen molar-refractivity contribution in [2.75, 3.05) is 0 Å². The summed E-state index contributed by atoms with van der Waals surface area (Å²) < 4.78 is 0. The van der Waals surface area contributed by atoms with Crippen molar-refractivity contribution in [3.05, 3.63) is 21.9 Å². The molecule has 0 saturated carbocycles. The molecule has 1 rings (SSSR count).